The zero-order valence-corrected chi connectivity index (χ0v) is 6.65. The summed E-state index contributed by atoms with van der Waals surface area (Å²) in [5.74, 6) is 0. The fourth-order valence-corrected chi connectivity index (χ4v) is 0.929. The molecular formula is C10H13. The van der Waals surface area contributed by atoms with Gasteiger partial charge in [0.2, 0.25) is 0 Å². The first-order valence-electron chi connectivity index (χ1n) is 3.86. The molecule has 0 aliphatic heterocycles. The summed E-state index contributed by atoms with van der Waals surface area (Å²) < 4.78 is 0. The van der Waals surface area contributed by atoms with Crippen LogP contribution in [-0.4, -0.2) is 0 Å². The van der Waals surface area contributed by atoms with Gasteiger partial charge in [-0.15, -0.1) is 0 Å². The van der Waals surface area contributed by atoms with E-state index in [2.05, 4.69) is 38.1 Å². The Bertz CT molecular complexity index is 161. The van der Waals surface area contributed by atoms with Crippen LogP contribution in [-0.2, 0) is 12.8 Å². The van der Waals surface area contributed by atoms with Crippen LogP contribution < -0.4 is 0 Å². The molecule has 0 amide bonds. The molecule has 53 valence electrons. The lowest BCUT2D eigenvalue weighted by Gasteiger charge is -1.96. The SMILES string of the molecule is CCc1[c]cc(CC)cc1. The van der Waals surface area contributed by atoms with Crippen molar-refractivity contribution in [1.29, 1.82) is 0 Å². The minimum absolute atomic E-state index is 1.09. The first-order valence-corrected chi connectivity index (χ1v) is 3.86. The molecule has 0 aromatic heterocycles. The summed E-state index contributed by atoms with van der Waals surface area (Å²) >= 11 is 0. The number of benzene rings is 1. The Hall–Kier alpha value is -0.780. The van der Waals surface area contributed by atoms with Crippen LogP contribution in [0.25, 0.3) is 0 Å². The Morgan fingerprint density at radius 3 is 2.40 bits per heavy atom. The second kappa shape index (κ2) is 3.40. The average molecular weight is 133 g/mol. The highest BCUT2D eigenvalue weighted by Gasteiger charge is 1.88. The van der Waals surface area contributed by atoms with Crippen LogP contribution in [0.15, 0.2) is 18.2 Å². The molecule has 0 saturated carbocycles. The third kappa shape index (κ3) is 1.60. The monoisotopic (exact) mass is 133 g/mol. The lowest BCUT2D eigenvalue weighted by Crippen LogP contribution is -1.82. The zero-order chi connectivity index (χ0) is 7.40. The van der Waals surface area contributed by atoms with Gasteiger partial charge in [0.15, 0.2) is 0 Å². The summed E-state index contributed by atoms with van der Waals surface area (Å²) in [5.41, 5.74) is 2.68. The smallest absolute Gasteiger partial charge is 0.0146 e. The number of rotatable bonds is 2. The van der Waals surface area contributed by atoms with Crippen LogP contribution >= 0.6 is 0 Å². The van der Waals surface area contributed by atoms with E-state index in [4.69, 9.17) is 0 Å². The highest BCUT2D eigenvalue weighted by atomic mass is 13.9. The molecule has 1 radical (unpaired) electrons. The van der Waals surface area contributed by atoms with E-state index in [0.29, 0.717) is 0 Å². The predicted octanol–water partition coefficient (Wildman–Crippen LogP) is 2.61. The molecule has 10 heavy (non-hydrogen) atoms. The summed E-state index contributed by atoms with van der Waals surface area (Å²) in [6.07, 6.45) is 2.20. The third-order valence-corrected chi connectivity index (χ3v) is 1.73. The summed E-state index contributed by atoms with van der Waals surface area (Å²) in [6, 6.07) is 9.65. The van der Waals surface area contributed by atoms with Crippen LogP contribution in [0.2, 0.25) is 0 Å². The molecule has 1 rings (SSSR count). The average Bonchev–Trinajstić information content (AvgIpc) is 2.05. The van der Waals surface area contributed by atoms with Crippen LogP contribution in [0.4, 0.5) is 0 Å². The molecule has 0 aliphatic rings. The summed E-state index contributed by atoms with van der Waals surface area (Å²) in [6.45, 7) is 4.31. The molecule has 0 nitrogen and oxygen atoms in total. The van der Waals surface area contributed by atoms with E-state index in [1.807, 2.05) is 0 Å². The summed E-state index contributed by atoms with van der Waals surface area (Å²) in [5, 5.41) is 0. The minimum Gasteiger partial charge on any atom is -0.0613 e. The molecule has 0 fully saturated rings. The van der Waals surface area contributed by atoms with Gasteiger partial charge in [-0.05, 0) is 30.0 Å². The third-order valence-electron chi connectivity index (χ3n) is 1.73. The first kappa shape index (κ1) is 7.33. The molecule has 0 saturated heterocycles. The van der Waals surface area contributed by atoms with E-state index < -0.39 is 0 Å². The maximum Gasteiger partial charge on any atom is -0.0146 e. The normalized spacial score (nSPS) is 9.80. The maximum atomic E-state index is 3.24. The van der Waals surface area contributed by atoms with Crippen molar-refractivity contribution in [3.05, 3.63) is 35.4 Å². The maximum absolute atomic E-state index is 3.24. The highest BCUT2D eigenvalue weighted by Crippen LogP contribution is 2.03. The lowest BCUT2D eigenvalue weighted by molar-refractivity contribution is 1.10. The van der Waals surface area contributed by atoms with Gasteiger partial charge in [-0.3, -0.25) is 0 Å². The number of aryl methyl sites for hydroxylation is 2. The molecule has 0 N–H and O–H groups in total. The van der Waals surface area contributed by atoms with Gasteiger partial charge in [-0.2, -0.15) is 0 Å². The van der Waals surface area contributed by atoms with Crippen LogP contribution in [0.1, 0.15) is 25.0 Å². The van der Waals surface area contributed by atoms with Crippen molar-refractivity contribution in [3.8, 4) is 0 Å². The van der Waals surface area contributed by atoms with Gasteiger partial charge in [0.1, 0.15) is 0 Å². The van der Waals surface area contributed by atoms with Gasteiger partial charge in [0.25, 0.3) is 0 Å². The minimum atomic E-state index is 1.09. The quantitative estimate of drug-likeness (QED) is 0.581. The molecule has 1 aromatic rings. The van der Waals surface area contributed by atoms with Crippen molar-refractivity contribution in [2.24, 2.45) is 0 Å². The fourth-order valence-electron chi connectivity index (χ4n) is 0.929. The standard InChI is InChI=1S/C10H13/c1-3-9-5-7-10(4-2)8-6-9/h5-7H,3-4H2,1-2H3. The van der Waals surface area contributed by atoms with Gasteiger partial charge in [-0.1, -0.05) is 32.0 Å². The van der Waals surface area contributed by atoms with E-state index in [1.54, 1.807) is 0 Å². The van der Waals surface area contributed by atoms with Crippen LogP contribution in [0, 0.1) is 6.07 Å². The molecule has 0 bridgehead atoms. The first-order chi connectivity index (χ1) is 4.86. The van der Waals surface area contributed by atoms with Gasteiger partial charge in [-0.25, -0.2) is 0 Å². The number of hydrogen-bond acceptors (Lipinski definition) is 0. The summed E-state index contributed by atoms with van der Waals surface area (Å²) in [7, 11) is 0. The van der Waals surface area contributed by atoms with E-state index >= 15 is 0 Å². The predicted molar refractivity (Wildman–Crippen MR) is 44.0 cm³/mol. The molecule has 1 aromatic carbocycles. The highest BCUT2D eigenvalue weighted by molar-refractivity contribution is 5.20. The molecule has 0 unspecified atom stereocenters. The van der Waals surface area contributed by atoms with Crippen molar-refractivity contribution in [1.82, 2.24) is 0 Å². The van der Waals surface area contributed by atoms with Gasteiger partial charge in [0, 0.05) is 0 Å². The van der Waals surface area contributed by atoms with Gasteiger partial charge >= 0.3 is 0 Å². The molecule has 0 aliphatic carbocycles. The van der Waals surface area contributed by atoms with Crippen molar-refractivity contribution < 1.29 is 0 Å². The molecular weight excluding hydrogens is 120 g/mol. The van der Waals surface area contributed by atoms with Crippen molar-refractivity contribution in [2.75, 3.05) is 0 Å². The van der Waals surface area contributed by atoms with Crippen LogP contribution in [0.5, 0.6) is 0 Å². The topological polar surface area (TPSA) is 0 Å². The Labute approximate surface area is 62.9 Å². The molecule has 0 heterocycles. The lowest BCUT2D eigenvalue weighted by atomic mass is 10.1. The van der Waals surface area contributed by atoms with E-state index in [-0.39, 0.29) is 0 Å². The van der Waals surface area contributed by atoms with Crippen molar-refractivity contribution in [2.45, 2.75) is 26.7 Å². The van der Waals surface area contributed by atoms with E-state index in [1.165, 1.54) is 11.1 Å². The Morgan fingerprint density at radius 1 is 1.20 bits per heavy atom. The Morgan fingerprint density at radius 2 is 2.00 bits per heavy atom. The van der Waals surface area contributed by atoms with E-state index in [0.717, 1.165) is 12.8 Å². The van der Waals surface area contributed by atoms with Crippen molar-refractivity contribution in [3.63, 3.8) is 0 Å². The van der Waals surface area contributed by atoms with Crippen molar-refractivity contribution >= 4 is 0 Å². The Balaban J connectivity index is 2.80. The second-order valence-corrected chi connectivity index (χ2v) is 2.43. The summed E-state index contributed by atoms with van der Waals surface area (Å²) in [4.78, 5) is 0. The molecule has 0 spiro atoms. The fraction of sp³-hybridized carbons (Fsp3) is 0.400. The van der Waals surface area contributed by atoms with Gasteiger partial charge < -0.3 is 0 Å². The van der Waals surface area contributed by atoms with Gasteiger partial charge in [0.05, 0.1) is 0 Å². The molecule has 0 atom stereocenters. The number of hydrogen-bond donors (Lipinski definition) is 0. The largest absolute Gasteiger partial charge is 0.0613 e. The molecule has 0 heteroatoms. The van der Waals surface area contributed by atoms with E-state index in [9.17, 15) is 0 Å². The zero-order valence-electron chi connectivity index (χ0n) is 6.65. The van der Waals surface area contributed by atoms with Crippen LogP contribution in [0.3, 0.4) is 0 Å². The Kier molecular flexibility index (Phi) is 2.49. The second-order valence-electron chi connectivity index (χ2n) is 2.43.